The van der Waals surface area contributed by atoms with E-state index in [2.05, 4.69) is 61.2 Å². The molecule has 0 spiro atoms. The molecule has 0 heterocycles. The highest BCUT2D eigenvalue weighted by Crippen LogP contribution is 2.59. The zero-order chi connectivity index (χ0) is 34.6. The van der Waals surface area contributed by atoms with Crippen LogP contribution in [0.15, 0.2) is 103 Å². The molecule has 4 N–H and O–H groups in total. The number of hydrogen-bond acceptors (Lipinski definition) is 6. The van der Waals surface area contributed by atoms with Crippen LogP contribution in [0.2, 0.25) is 0 Å². The van der Waals surface area contributed by atoms with Crippen LogP contribution in [0.4, 0.5) is 0 Å². The lowest BCUT2D eigenvalue weighted by Gasteiger charge is -2.46. The normalized spacial score (nSPS) is 25.2. The molecule has 4 aromatic carbocycles. The van der Waals surface area contributed by atoms with Crippen molar-refractivity contribution in [1.29, 1.82) is 0 Å². The summed E-state index contributed by atoms with van der Waals surface area (Å²) >= 11 is 0. The van der Waals surface area contributed by atoms with Crippen LogP contribution in [0.1, 0.15) is 90.9 Å². The second-order valence-electron chi connectivity index (χ2n) is 14.8. The summed E-state index contributed by atoms with van der Waals surface area (Å²) in [5.41, 5.74) is 3.72. The molecule has 258 valence electrons. The van der Waals surface area contributed by atoms with Crippen molar-refractivity contribution >= 4 is 16.6 Å². The van der Waals surface area contributed by atoms with Crippen molar-refractivity contribution in [3.05, 3.63) is 130 Å². The summed E-state index contributed by atoms with van der Waals surface area (Å²) in [5, 5.41) is 46.7. The van der Waals surface area contributed by atoms with Crippen molar-refractivity contribution in [3.8, 4) is 0 Å². The van der Waals surface area contributed by atoms with E-state index in [1.165, 1.54) is 5.57 Å². The van der Waals surface area contributed by atoms with Gasteiger partial charge >= 0.3 is 0 Å². The number of ketones is 1. The average molecular weight is 662 g/mol. The Morgan fingerprint density at radius 2 is 1.71 bits per heavy atom. The van der Waals surface area contributed by atoms with E-state index in [-0.39, 0.29) is 24.9 Å². The maximum absolute atomic E-state index is 14.2. The van der Waals surface area contributed by atoms with E-state index in [4.69, 9.17) is 0 Å². The molecule has 4 aromatic rings. The van der Waals surface area contributed by atoms with Crippen molar-refractivity contribution in [1.82, 2.24) is 4.90 Å². The number of carbonyl (C=O) groups excluding carboxylic acids is 1. The zero-order valence-corrected chi connectivity index (χ0v) is 28.9. The third kappa shape index (κ3) is 7.59. The summed E-state index contributed by atoms with van der Waals surface area (Å²) in [6.07, 6.45) is 5.43. The van der Waals surface area contributed by atoms with Gasteiger partial charge in [0, 0.05) is 36.2 Å². The van der Waals surface area contributed by atoms with Crippen molar-refractivity contribution in [2.75, 3.05) is 19.7 Å². The van der Waals surface area contributed by atoms with Crippen LogP contribution in [-0.4, -0.2) is 68.6 Å². The van der Waals surface area contributed by atoms with Crippen molar-refractivity contribution in [2.45, 2.75) is 89.1 Å². The van der Waals surface area contributed by atoms with Gasteiger partial charge in [0.15, 0.2) is 5.78 Å². The third-order valence-corrected chi connectivity index (χ3v) is 11.4. The lowest BCUT2D eigenvalue weighted by atomic mass is 9.64. The van der Waals surface area contributed by atoms with Gasteiger partial charge in [-0.3, -0.25) is 9.69 Å². The standard InChI is InChI=1S/C43H51NO5/c1-30-10-9-22-42(2)40(38-20-18-31(24-35(46)19-17-30)25-39(38)41(48)33-12-4-3-5-13-33)21-23-43(42,49)29-44(27-36(47)28-45)26-34-15-8-14-32-11-6-7-16-37(32)34/h3-8,10-16,18,20,25,35-36,40,45-47,49H,9,17,19,21-24,26-29H2,1-2H3/t35-,36-,40-,42-,43+/m0/s1. The summed E-state index contributed by atoms with van der Waals surface area (Å²) in [6, 6.07) is 29.9. The highest BCUT2D eigenvalue weighted by atomic mass is 16.3. The Hall–Kier alpha value is -3.65. The lowest BCUT2D eigenvalue weighted by Crippen LogP contribution is -2.53. The van der Waals surface area contributed by atoms with Crippen LogP contribution in [0, 0.1) is 5.41 Å². The molecule has 3 aliphatic rings. The molecule has 0 aliphatic heterocycles. The van der Waals surface area contributed by atoms with Gasteiger partial charge in [0.2, 0.25) is 0 Å². The van der Waals surface area contributed by atoms with E-state index in [9.17, 15) is 25.2 Å². The van der Waals surface area contributed by atoms with Crippen LogP contribution in [0.5, 0.6) is 0 Å². The molecule has 1 fully saturated rings. The Balaban J connectivity index is 1.42. The van der Waals surface area contributed by atoms with Gasteiger partial charge in [-0.25, -0.2) is 0 Å². The lowest BCUT2D eigenvalue weighted by molar-refractivity contribution is -0.0907. The first-order chi connectivity index (χ1) is 23.6. The fraction of sp³-hybridized carbons (Fsp3) is 0.419. The van der Waals surface area contributed by atoms with Crippen molar-refractivity contribution < 1.29 is 25.2 Å². The molecule has 0 unspecified atom stereocenters. The first kappa shape index (κ1) is 35.2. The molecule has 1 saturated carbocycles. The number of carbonyl (C=O) groups is 1. The SMILES string of the molecule is CC1=CCC[C@@]2(C)[C@@H](CC[C@@]2(O)CN(Cc2cccc3ccccc23)C[C@H](O)CO)c2ccc(cc2C(=O)c2ccccc2)C[C@@H](O)CC1. The Morgan fingerprint density at radius 3 is 2.51 bits per heavy atom. The van der Waals surface area contributed by atoms with Gasteiger partial charge < -0.3 is 20.4 Å². The minimum atomic E-state index is -1.14. The zero-order valence-electron chi connectivity index (χ0n) is 28.9. The van der Waals surface area contributed by atoms with E-state index >= 15 is 0 Å². The predicted molar refractivity (Wildman–Crippen MR) is 196 cm³/mol. The van der Waals surface area contributed by atoms with Crippen LogP contribution in [0.3, 0.4) is 0 Å². The average Bonchev–Trinajstić information content (AvgIpc) is 3.35. The Kier molecular flexibility index (Phi) is 10.8. The van der Waals surface area contributed by atoms with Crippen LogP contribution in [-0.2, 0) is 13.0 Å². The molecule has 0 saturated heterocycles. The molecule has 0 aromatic heterocycles. The maximum atomic E-state index is 14.2. The van der Waals surface area contributed by atoms with Crippen molar-refractivity contribution in [3.63, 3.8) is 0 Å². The number of benzene rings is 4. The molecule has 0 amide bonds. The fourth-order valence-corrected chi connectivity index (χ4v) is 8.52. The van der Waals surface area contributed by atoms with Gasteiger partial charge in [-0.15, -0.1) is 0 Å². The van der Waals surface area contributed by atoms with E-state index in [0.717, 1.165) is 40.3 Å². The molecular weight excluding hydrogens is 610 g/mol. The van der Waals surface area contributed by atoms with Gasteiger partial charge in [-0.05, 0) is 91.3 Å². The maximum Gasteiger partial charge on any atom is 0.193 e. The smallest absolute Gasteiger partial charge is 0.193 e. The number of allylic oxidation sites excluding steroid dienone is 2. The summed E-state index contributed by atoms with van der Waals surface area (Å²) in [7, 11) is 0. The highest BCUT2D eigenvalue weighted by molar-refractivity contribution is 6.10. The highest BCUT2D eigenvalue weighted by Gasteiger charge is 2.57. The van der Waals surface area contributed by atoms with Crippen molar-refractivity contribution in [2.24, 2.45) is 5.41 Å². The van der Waals surface area contributed by atoms with Crippen LogP contribution < -0.4 is 0 Å². The second-order valence-corrected chi connectivity index (χ2v) is 14.8. The quantitative estimate of drug-likeness (QED) is 0.114. The van der Waals surface area contributed by atoms with Crippen LogP contribution >= 0.6 is 0 Å². The number of nitrogens with zero attached hydrogens (tertiary/aromatic N) is 1. The minimum absolute atomic E-state index is 0.0452. The number of aliphatic hydroxyl groups excluding tert-OH is 3. The monoisotopic (exact) mass is 661 g/mol. The molecule has 6 nitrogen and oxygen atoms in total. The summed E-state index contributed by atoms with van der Waals surface area (Å²) in [4.78, 5) is 16.3. The fourth-order valence-electron chi connectivity index (χ4n) is 8.52. The molecule has 2 bridgehead atoms. The Bertz CT molecular complexity index is 1780. The van der Waals surface area contributed by atoms with Crippen LogP contribution in [0.25, 0.3) is 10.8 Å². The second kappa shape index (κ2) is 15.1. The number of fused-ring (bicyclic) bond motifs is 9. The van der Waals surface area contributed by atoms with Gasteiger partial charge in [0.05, 0.1) is 24.4 Å². The van der Waals surface area contributed by atoms with Gasteiger partial charge in [0.25, 0.3) is 0 Å². The summed E-state index contributed by atoms with van der Waals surface area (Å²) in [5.74, 6) is -0.144. The first-order valence-electron chi connectivity index (χ1n) is 17.9. The third-order valence-electron chi connectivity index (χ3n) is 11.4. The number of rotatable bonds is 9. The van der Waals surface area contributed by atoms with E-state index < -0.39 is 23.2 Å². The number of hydrogen-bond donors (Lipinski definition) is 4. The molecule has 5 atom stereocenters. The molecular formula is C43H51NO5. The Morgan fingerprint density at radius 1 is 0.959 bits per heavy atom. The molecule has 0 radical (unpaired) electrons. The number of aliphatic hydroxyl groups is 4. The molecule has 3 aliphatic carbocycles. The van der Waals surface area contributed by atoms with E-state index in [0.29, 0.717) is 56.3 Å². The van der Waals surface area contributed by atoms with Gasteiger partial charge in [0.1, 0.15) is 0 Å². The summed E-state index contributed by atoms with van der Waals surface area (Å²) < 4.78 is 0. The first-order valence-corrected chi connectivity index (χ1v) is 17.9. The summed E-state index contributed by atoms with van der Waals surface area (Å²) in [6.45, 7) is 4.99. The van der Waals surface area contributed by atoms with E-state index in [1.807, 2.05) is 54.6 Å². The van der Waals surface area contributed by atoms with E-state index in [1.54, 1.807) is 0 Å². The largest absolute Gasteiger partial charge is 0.394 e. The van der Waals surface area contributed by atoms with Gasteiger partial charge in [-0.2, -0.15) is 0 Å². The Labute approximate surface area is 290 Å². The molecule has 6 heteroatoms. The van der Waals surface area contributed by atoms with Gasteiger partial charge in [-0.1, -0.05) is 104 Å². The minimum Gasteiger partial charge on any atom is -0.394 e. The topological polar surface area (TPSA) is 101 Å². The molecule has 7 rings (SSSR count). The predicted octanol–water partition coefficient (Wildman–Crippen LogP) is 6.96. The molecule has 49 heavy (non-hydrogen) atoms.